The normalized spacial score (nSPS) is 47.3. The Hall–Kier alpha value is -1.43. The van der Waals surface area contributed by atoms with E-state index in [1.807, 2.05) is 0 Å². The quantitative estimate of drug-likeness (QED) is 0.200. The molecule has 3 rings (SSSR count). The van der Waals surface area contributed by atoms with Gasteiger partial charge < -0.3 is 64.5 Å². The molecule has 0 amide bonds. The largest absolute Gasteiger partial charge is 0.475 e. The van der Waals surface area contributed by atoms with Crippen LogP contribution in [0.2, 0.25) is 0 Å². The summed E-state index contributed by atoms with van der Waals surface area (Å²) in [5, 5.41) is 78.4. The molecule has 172 valence electrons. The summed E-state index contributed by atoms with van der Waals surface area (Å²) in [4.78, 5) is 11.1. The van der Waals surface area contributed by atoms with Crippen molar-refractivity contribution < 1.29 is 69.3 Å². The molecule has 0 radical (unpaired) electrons. The summed E-state index contributed by atoms with van der Waals surface area (Å²) < 4.78 is 25.7. The van der Waals surface area contributed by atoms with Gasteiger partial charge in [-0.05, 0) is 6.08 Å². The molecule has 0 aromatic rings. The van der Waals surface area contributed by atoms with E-state index in [1.165, 1.54) is 0 Å². The summed E-state index contributed by atoms with van der Waals surface area (Å²) in [6, 6.07) is 0. The lowest BCUT2D eigenvalue weighted by atomic mass is 10.0. The maximum absolute atomic E-state index is 11.1. The lowest BCUT2D eigenvalue weighted by molar-refractivity contribution is -0.345. The lowest BCUT2D eigenvalue weighted by Gasteiger charge is -2.43. The van der Waals surface area contributed by atoms with Gasteiger partial charge in [-0.25, -0.2) is 4.79 Å². The van der Waals surface area contributed by atoms with E-state index in [0.29, 0.717) is 0 Å². The van der Waals surface area contributed by atoms with Crippen molar-refractivity contribution >= 4 is 5.97 Å². The highest BCUT2D eigenvalue weighted by molar-refractivity contribution is 5.84. The first-order chi connectivity index (χ1) is 14.1. The van der Waals surface area contributed by atoms with E-state index < -0.39 is 79.4 Å². The Kier molecular flexibility index (Phi) is 7.26. The Morgan fingerprint density at radius 2 is 1.57 bits per heavy atom. The molecule has 3 heterocycles. The third-order valence-corrected chi connectivity index (χ3v) is 4.89. The maximum Gasteiger partial charge on any atom is 0.371 e. The smallest absolute Gasteiger partial charge is 0.371 e. The van der Waals surface area contributed by atoms with Crippen molar-refractivity contribution in [2.45, 2.75) is 67.7 Å². The van der Waals surface area contributed by atoms with Crippen LogP contribution in [0, 0.1) is 0 Å². The average Bonchev–Trinajstić information content (AvgIpc) is 2.70. The Morgan fingerprint density at radius 3 is 2.23 bits per heavy atom. The van der Waals surface area contributed by atoms with Crippen LogP contribution in [0.1, 0.15) is 0 Å². The van der Waals surface area contributed by atoms with Gasteiger partial charge in [0.25, 0.3) is 0 Å². The SMILES string of the molecule is O=C(O)C1=C[C@H](O)[C@@H](O)[C@@H](O[C@@H]2[C@@H](O)[C@H](O[C@@H]3OC[C@@H](O)[C@H](O)[C@H]3O)CO[C@H]2O)O1. The fraction of sp³-hybridized carbons (Fsp3) is 0.812. The monoisotopic (exact) mass is 440 g/mol. The molecule has 0 aliphatic carbocycles. The molecular weight excluding hydrogens is 416 g/mol. The highest BCUT2D eigenvalue weighted by Crippen LogP contribution is 2.28. The van der Waals surface area contributed by atoms with Gasteiger partial charge in [-0.1, -0.05) is 0 Å². The van der Waals surface area contributed by atoms with Crippen molar-refractivity contribution in [3.05, 3.63) is 11.8 Å². The zero-order chi connectivity index (χ0) is 22.2. The summed E-state index contributed by atoms with van der Waals surface area (Å²) >= 11 is 0. The van der Waals surface area contributed by atoms with Gasteiger partial charge in [0.2, 0.25) is 12.0 Å². The van der Waals surface area contributed by atoms with E-state index in [2.05, 4.69) is 0 Å². The molecule has 8 N–H and O–H groups in total. The van der Waals surface area contributed by atoms with Crippen molar-refractivity contribution in [1.29, 1.82) is 0 Å². The molecule has 14 nitrogen and oxygen atoms in total. The van der Waals surface area contributed by atoms with E-state index in [4.69, 9.17) is 28.8 Å². The van der Waals surface area contributed by atoms with E-state index in [-0.39, 0.29) is 13.2 Å². The van der Waals surface area contributed by atoms with Crippen molar-refractivity contribution in [1.82, 2.24) is 0 Å². The van der Waals surface area contributed by atoms with Crippen LogP contribution in [0.5, 0.6) is 0 Å². The van der Waals surface area contributed by atoms with E-state index >= 15 is 0 Å². The van der Waals surface area contributed by atoms with Crippen LogP contribution in [-0.2, 0) is 28.5 Å². The minimum atomic E-state index is -1.78. The van der Waals surface area contributed by atoms with Crippen LogP contribution >= 0.6 is 0 Å². The number of carboxylic acids is 1. The Balaban J connectivity index is 1.66. The first kappa shape index (κ1) is 23.2. The maximum atomic E-state index is 11.1. The predicted octanol–water partition coefficient (Wildman–Crippen LogP) is -5.05. The van der Waals surface area contributed by atoms with Crippen molar-refractivity contribution in [2.24, 2.45) is 0 Å². The van der Waals surface area contributed by atoms with Crippen LogP contribution in [0.25, 0.3) is 0 Å². The first-order valence-electron chi connectivity index (χ1n) is 9.02. The second kappa shape index (κ2) is 9.37. The highest BCUT2D eigenvalue weighted by Gasteiger charge is 2.48. The number of rotatable bonds is 5. The van der Waals surface area contributed by atoms with Gasteiger partial charge in [-0.3, -0.25) is 0 Å². The highest BCUT2D eigenvalue weighted by atomic mass is 16.7. The van der Waals surface area contributed by atoms with Gasteiger partial charge >= 0.3 is 5.97 Å². The van der Waals surface area contributed by atoms with Gasteiger partial charge in [0.1, 0.15) is 48.8 Å². The van der Waals surface area contributed by atoms with E-state index in [1.54, 1.807) is 0 Å². The molecule has 11 atom stereocenters. The number of ether oxygens (including phenoxy) is 5. The van der Waals surface area contributed by atoms with Gasteiger partial charge in [0.05, 0.1) is 13.2 Å². The summed E-state index contributed by atoms with van der Waals surface area (Å²) in [5.74, 6) is -2.25. The fourth-order valence-corrected chi connectivity index (χ4v) is 3.14. The molecule has 0 aromatic heterocycles. The van der Waals surface area contributed by atoms with E-state index in [0.717, 1.165) is 6.08 Å². The van der Waals surface area contributed by atoms with Crippen LogP contribution in [0.4, 0.5) is 0 Å². The molecule has 0 saturated carbocycles. The van der Waals surface area contributed by atoms with Crippen LogP contribution in [-0.4, -0.2) is 128 Å². The standard InChI is InChI=1S/C16H24O14/c17-4-1-6(13(23)24)28-16(9(4)20)30-12-10(21)7(3-26-14(12)25)29-15-11(22)8(19)5(18)2-27-15/h1,4-5,7-12,14-22,25H,2-3H2,(H,23,24)/t4-,5+,7+,8-,9+,10-,11+,12+,14+,15-,16+/m0/s1. The number of carboxylic acid groups (broad SMARTS) is 1. The molecular formula is C16H24O14. The number of aliphatic carboxylic acids is 1. The average molecular weight is 440 g/mol. The number of hydrogen-bond acceptors (Lipinski definition) is 13. The fourth-order valence-electron chi connectivity index (χ4n) is 3.14. The molecule has 0 unspecified atom stereocenters. The third-order valence-electron chi connectivity index (χ3n) is 4.89. The van der Waals surface area contributed by atoms with Crippen molar-refractivity contribution in [3.8, 4) is 0 Å². The van der Waals surface area contributed by atoms with Gasteiger partial charge in [0.15, 0.2) is 12.6 Å². The van der Waals surface area contributed by atoms with Crippen molar-refractivity contribution in [2.75, 3.05) is 13.2 Å². The Bertz CT molecular complexity index is 641. The zero-order valence-corrected chi connectivity index (χ0v) is 15.4. The Morgan fingerprint density at radius 1 is 0.867 bits per heavy atom. The van der Waals surface area contributed by atoms with E-state index in [9.17, 15) is 40.5 Å². The van der Waals surface area contributed by atoms with Crippen LogP contribution in [0.15, 0.2) is 11.8 Å². The molecule has 14 heteroatoms. The molecule has 2 fully saturated rings. The van der Waals surface area contributed by atoms with Gasteiger partial charge in [0, 0.05) is 0 Å². The van der Waals surface area contributed by atoms with Crippen molar-refractivity contribution in [3.63, 3.8) is 0 Å². The second-order valence-corrected chi connectivity index (χ2v) is 7.04. The van der Waals surface area contributed by atoms with Gasteiger partial charge in [-0.15, -0.1) is 0 Å². The minimum absolute atomic E-state index is 0.348. The topological polar surface area (TPSA) is 225 Å². The van der Waals surface area contributed by atoms with Crippen LogP contribution in [0.3, 0.4) is 0 Å². The number of aliphatic hydroxyl groups excluding tert-OH is 7. The minimum Gasteiger partial charge on any atom is -0.475 e. The molecule has 3 aliphatic rings. The molecule has 2 saturated heterocycles. The summed E-state index contributed by atoms with van der Waals surface area (Å²) in [5.41, 5.74) is 0. The summed E-state index contributed by atoms with van der Waals surface area (Å²) in [6.45, 7) is -0.732. The number of aliphatic hydroxyl groups is 7. The molecule has 30 heavy (non-hydrogen) atoms. The molecule has 0 spiro atoms. The zero-order valence-electron chi connectivity index (χ0n) is 15.4. The lowest BCUT2D eigenvalue weighted by Crippen LogP contribution is -2.61. The summed E-state index contributed by atoms with van der Waals surface area (Å²) in [6.07, 6.45) is -16.7. The molecule has 0 bridgehead atoms. The first-order valence-corrected chi connectivity index (χ1v) is 9.02. The number of hydrogen-bond donors (Lipinski definition) is 8. The van der Waals surface area contributed by atoms with Crippen LogP contribution < -0.4 is 0 Å². The predicted molar refractivity (Wildman–Crippen MR) is 88.1 cm³/mol. The number of carbonyl (C=O) groups is 1. The Labute approximate surface area is 169 Å². The molecule has 0 aromatic carbocycles. The second-order valence-electron chi connectivity index (χ2n) is 7.04. The summed E-state index contributed by atoms with van der Waals surface area (Å²) in [7, 11) is 0. The van der Waals surface area contributed by atoms with Gasteiger partial charge in [-0.2, -0.15) is 0 Å². The molecule has 3 aliphatic heterocycles. The third kappa shape index (κ3) is 4.74.